The Morgan fingerprint density at radius 1 is 1.13 bits per heavy atom. The normalized spacial score (nSPS) is 11.7. The molecule has 9 heteroatoms. The van der Waals surface area contributed by atoms with E-state index in [0.717, 1.165) is 11.8 Å². The first-order chi connectivity index (χ1) is 14.9. The number of carbonyl (C=O) groups excluding carboxylic acids is 2. The van der Waals surface area contributed by atoms with Gasteiger partial charge in [0.1, 0.15) is 5.75 Å². The van der Waals surface area contributed by atoms with E-state index in [9.17, 15) is 14.4 Å². The summed E-state index contributed by atoms with van der Waals surface area (Å²) in [4.78, 5) is 42.0. The summed E-state index contributed by atoms with van der Waals surface area (Å²) < 4.78 is 6.95. The molecule has 3 amide bonds. The molecule has 162 valence electrons. The highest BCUT2D eigenvalue weighted by Gasteiger charge is 2.21. The van der Waals surface area contributed by atoms with Crippen molar-refractivity contribution in [2.75, 3.05) is 13.2 Å². The van der Waals surface area contributed by atoms with Crippen molar-refractivity contribution in [1.29, 1.82) is 0 Å². The highest BCUT2D eigenvalue weighted by molar-refractivity contribution is 8.00. The minimum absolute atomic E-state index is 0.242. The van der Waals surface area contributed by atoms with Gasteiger partial charge in [0.15, 0.2) is 5.16 Å². The first kappa shape index (κ1) is 22.4. The summed E-state index contributed by atoms with van der Waals surface area (Å²) in [5, 5.41) is 4.97. The SMILES string of the molecule is CCNC(=O)NC(=O)[C@H](C)Sc1nc2ccccc2c(=O)n1-c1ccc(OCC)cc1. The Bertz CT molecular complexity index is 1140. The van der Waals surface area contributed by atoms with Gasteiger partial charge in [-0.25, -0.2) is 9.78 Å². The van der Waals surface area contributed by atoms with Crippen LogP contribution in [0.2, 0.25) is 0 Å². The predicted octanol–water partition coefficient (Wildman–Crippen LogP) is 3.11. The number of amides is 3. The Balaban J connectivity index is 2.01. The van der Waals surface area contributed by atoms with Crippen LogP contribution in [0, 0.1) is 0 Å². The predicted molar refractivity (Wildman–Crippen MR) is 121 cm³/mol. The van der Waals surface area contributed by atoms with Crippen LogP contribution >= 0.6 is 11.8 Å². The van der Waals surface area contributed by atoms with Crippen LogP contribution in [0.15, 0.2) is 58.5 Å². The van der Waals surface area contributed by atoms with Gasteiger partial charge in [0, 0.05) is 6.54 Å². The fourth-order valence-corrected chi connectivity index (χ4v) is 3.83. The lowest BCUT2D eigenvalue weighted by Gasteiger charge is -2.16. The Kier molecular flexibility index (Phi) is 7.30. The van der Waals surface area contributed by atoms with Crippen LogP contribution < -0.4 is 20.9 Å². The number of benzene rings is 2. The van der Waals surface area contributed by atoms with Crippen molar-refractivity contribution in [3.63, 3.8) is 0 Å². The molecule has 0 spiro atoms. The largest absolute Gasteiger partial charge is 0.494 e. The first-order valence-electron chi connectivity index (χ1n) is 9.95. The Labute approximate surface area is 184 Å². The molecule has 0 aliphatic rings. The summed E-state index contributed by atoms with van der Waals surface area (Å²) in [5.74, 6) is 0.216. The second-order valence-corrected chi connectivity index (χ2v) is 7.90. The second-order valence-electron chi connectivity index (χ2n) is 6.59. The van der Waals surface area contributed by atoms with Gasteiger partial charge in [-0.1, -0.05) is 23.9 Å². The summed E-state index contributed by atoms with van der Waals surface area (Å²) in [6.07, 6.45) is 0. The highest BCUT2D eigenvalue weighted by Crippen LogP contribution is 2.26. The lowest BCUT2D eigenvalue weighted by molar-refractivity contribution is -0.119. The number of carbonyl (C=O) groups is 2. The monoisotopic (exact) mass is 440 g/mol. The molecule has 3 rings (SSSR count). The molecule has 0 aliphatic carbocycles. The minimum atomic E-state index is -0.662. The molecule has 1 aromatic heterocycles. The standard InChI is InChI=1S/C22H24N4O4S/c1-4-23-21(29)25-19(27)14(3)31-22-24-18-9-7-6-8-17(18)20(28)26(22)15-10-12-16(13-11-15)30-5-2/h6-14H,4-5H2,1-3H3,(H2,23,25,27,29)/t14-/m0/s1. The zero-order chi connectivity index (χ0) is 22.4. The number of nitrogens with zero attached hydrogens (tertiary/aromatic N) is 2. The van der Waals surface area contributed by atoms with E-state index in [0.29, 0.717) is 40.6 Å². The van der Waals surface area contributed by atoms with Crippen LogP contribution in [0.1, 0.15) is 20.8 Å². The van der Waals surface area contributed by atoms with E-state index in [1.807, 2.05) is 6.92 Å². The second kappa shape index (κ2) is 10.1. The number of rotatable bonds is 7. The van der Waals surface area contributed by atoms with Gasteiger partial charge in [-0.2, -0.15) is 0 Å². The molecule has 31 heavy (non-hydrogen) atoms. The summed E-state index contributed by atoms with van der Waals surface area (Å²) in [6, 6.07) is 13.6. The molecule has 3 aromatic rings. The molecule has 0 radical (unpaired) electrons. The number of imide groups is 1. The maximum Gasteiger partial charge on any atom is 0.321 e. The molecule has 0 aliphatic heterocycles. The van der Waals surface area contributed by atoms with Gasteiger partial charge in [0.05, 0.1) is 28.4 Å². The zero-order valence-electron chi connectivity index (χ0n) is 17.5. The fourth-order valence-electron chi connectivity index (χ4n) is 2.91. The van der Waals surface area contributed by atoms with Gasteiger partial charge in [-0.05, 0) is 57.2 Å². The number of nitrogens with one attached hydrogen (secondary N) is 2. The molecule has 1 heterocycles. The third-order valence-electron chi connectivity index (χ3n) is 4.38. The average molecular weight is 441 g/mol. The van der Waals surface area contributed by atoms with Crippen molar-refractivity contribution in [2.24, 2.45) is 0 Å². The van der Waals surface area contributed by atoms with Crippen molar-refractivity contribution < 1.29 is 14.3 Å². The molecule has 8 nitrogen and oxygen atoms in total. The van der Waals surface area contributed by atoms with Crippen LogP contribution in [0.4, 0.5) is 4.79 Å². The Hall–Kier alpha value is -3.33. The molecule has 2 aromatic carbocycles. The first-order valence-corrected chi connectivity index (χ1v) is 10.8. The van der Waals surface area contributed by atoms with Gasteiger partial charge in [0.2, 0.25) is 5.91 Å². The van der Waals surface area contributed by atoms with Crippen molar-refractivity contribution in [3.05, 3.63) is 58.9 Å². The lowest BCUT2D eigenvalue weighted by atomic mass is 10.2. The topological polar surface area (TPSA) is 102 Å². The maximum absolute atomic E-state index is 13.3. The molecule has 0 saturated heterocycles. The number of urea groups is 1. The maximum atomic E-state index is 13.3. The molecular weight excluding hydrogens is 416 g/mol. The van der Waals surface area contributed by atoms with Crippen LogP contribution in [0.25, 0.3) is 16.6 Å². The van der Waals surface area contributed by atoms with E-state index >= 15 is 0 Å². The third kappa shape index (κ3) is 5.24. The van der Waals surface area contributed by atoms with Crippen molar-refractivity contribution >= 4 is 34.6 Å². The average Bonchev–Trinajstić information content (AvgIpc) is 2.75. The lowest BCUT2D eigenvalue weighted by Crippen LogP contribution is -2.42. The molecule has 0 saturated carbocycles. The Morgan fingerprint density at radius 3 is 2.52 bits per heavy atom. The minimum Gasteiger partial charge on any atom is -0.494 e. The van der Waals surface area contributed by atoms with Gasteiger partial charge in [-0.15, -0.1) is 0 Å². The molecule has 0 bridgehead atoms. The van der Waals surface area contributed by atoms with E-state index in [4.69, 9.17) is 4.74 Å². The number of thioether (sulfide) groups is 1. The van der Waals surface area contributed by atoms with Crippen LogP contribution in [0.5, 0.6) is 5.75 Å². The van der Waals surface area contributed by atoms with E-state index in [-0.39, 0.29) is 5.56 Å². The fraction of sp³-hybridized carbons (Fsp3) is 0.273. The number of aromatic nitrogens is 2. The van der Waals surface area contributed by atoms with Crippen molar-refractivity contribution in [1.82, 2.24) is 20.2 Å². The van der Waals surface area contributed by atoms with Crippen molar-refractivity contribution in [2.45, 2.75) is 31.2 Å². The number of fused-ring (bicyclic) bond motifs is 1. The van der Waals surface area contributed by atoms with E-state index in [2.05, 4.69) is 15.6 Å². The van der Waals surface area contributed by atoms with E-state index in [1.54, 1.807) is 62.4 Å². The van der Waals surface area contributed by atoms with Crippen LogP contribution in [-0.4, -0.2) is 39.9 Å². The van der Waals surface area contributed by atoms with Gasteiger partial charge in [0.25, 0.3) is 5.56 Å². The molecule has 2 N–H and O–H groups in total. The summed E-state index contributed by atoms with van der Waals surface area (Å²) in [6.45, 7) is 6.26. The van der Waals surface area contributed by atoms with E-state index < -0.39 is 17.2 Å². The summed E-state index contributed by atoms with van der Waals surface area (Å²) >= 11 is 1.11. The van der Waals surface area contributed by atoms with Gasteiger partial charge < -0.3 is 10.1 Å². The summed E-state index contributed by atoms with van der Waals surface area (Å²) in [7, 11) is 0. The third-order valence-corrected chi connectivity index (χ3v) is 5.43. The molecular formula is C22H24N4O4S. The van der Waals surface area contributed by atoms with Crippen LogP contribution in [0.3, 0.4) is 0 Å². The van der Waals surface area contributed by atoms with Crippen LogP contribution in [-0.2, 0) is 4.79 Å². The van der Waals surface area contributed by atoms with Crippen molar-refractivity contribution in [3.8, 4) is 11.4 Å². The highest BCUT2D eigenvalue weighted by atomic mass is 32.2. The zero-order valence-corrected chi connectivity index (χ0v) is 18.4. The molecule has 1 atom stereocenters. The van der Waals surface area contributed by atoms with E-state index in [1.165, 1.54) is 4.57 Å². The quantitative estimate of drug-likeness (QED) is 0.432. The number of hydrogen-bond donors (Lipinski definition) is 2. The Morgan fingerprint density at radius 2 is 1.84 bits per heavy atom. The number of ether oxygens (including phenoxy) is 1. The summed E-state index contributed by atoms with van der Waals surface area (Å²) in [5.41, 5.74) is 0.896. The molecule has 0 fully saturated rings. The van der Waals surface area contributed by atoms with Gasteiger partial charge in [-0.3, -0.25) is 19.5 Å². The number of hydrogen-bond acceptors (Lipinski definition) is 6. The molecule has 0 unspecified atom stereocenters. The smallest absolute Gasteiger partial charge is 0.321 e. The van der Waals surface area contributed by atoms with Gasteiger partial charge >= 0.3 is 6.03 Å². The number of para-hydroxylation sites is 1.